The minimum Gasteiger partial charge on any atom is -0.361 e. The molecule has 0 saturated heterocycles. The van der Waals surface area contributed by atoms with Crippen molar-refractivity contribution >= 4 is 55.4 Å². The second kappa shape index (κ2) is 9.40. The molecule has 0 unspecified atom stereocenters. The first-order chi connectivity index (χ1) is 18.0. The highest BCUT2D eigenvalue weighted by Crippen LogP contribution is 2.31. The highest BCUT2D eigenvalue weighted by Gasteiger charge is 2.14. The van der Waals surface area contributed by atoms with Crippen LogP contribution in [0.1, 0.15) is 15.2 Å². The van der Waals surface area contributed by atoms with E-state index in [4.69, 9.17) is 4.98 Å². The van der Waals surface area contributed by atoms with Gasteiger partial charge in [-0.25, -0.2) is 9.97 Å². The van der Waals surface area contributed by atoms with E-state index in [0.29, 0.717) is 16.5 Å². The summed E-state index contributed by atoms with van der Waals surface area (Å²) < 4.78 is 1.01. The molecule has 6 rings (SSSR count). The normalized spacial score (nSPS) is 11.2. The molecule has 6 aromatic rings. The predicted molar refractivity (Wildman–Crippen MR) is 147 cm³/mol. The fourth-order valence-electron chi connectivity index (χ4n) is 4.03. The highest BCUT2D eigenvalue weighted by atomic mass is 32.1. The van der Waals surface area contributed by atoms with E-state index >= 15 is 0 Å². The minimum atomic E-state index is 0.0532. The summed E-state index contributed by atoms with van der Waals surface area (Å²) in [6.07, 6.45) is 5.44. The van der Waals surface area contributed by atoms with E-state index in [1.54, 1.807) is 18.6 Å². The van der Waals surface area contributed by atoms with Gasteiger partial charge < -0.3 is 10.2 Å². The fraction of sp³-hybridized carbons (Fsp3) is 0.111. The minimum absolute atomic E-state index is 0.0532. The number of hydrogen-bond donors (Lipinski definition) is 2. The largest absolute Gasteiger partial charge is 0.361 e. The molecule has 0 bridgehead atoms. The molecule has 9 nitrogen and oxygen atoms in total. The Morgan fingerprint density at radius 1 is 1.03 bits per heavy atom. The summed E-state index contributed by atoms with van der Waals surface area (Å²) in [4.78, 5) is 24.8. The Kier molecular flexibility index (Phi) is 5.78. The Morgan fingerprint density at radius 2 is 1.95 bits per heavy atom. The molecule has 2 aromatic carbocycles. The fourth-order valence-corrected chi connectivity index (χ4v) is 5.06. The summed E-state index contributed by atoms with van der Waals surface area (Å²) >= 11 is 1.48. The van der Waals surface area contributed by atoms with Gasteiger partial charge in [-0.2, -0.15) is 10.2 Å². The topological polar surface area (TPSA) is 113 Å². The lowest BCUT2D eigenvalue weighted by Crippen LogP contribution is -2.12. The van der Waals surface area contributed by atoms with E-state index in [0.717, 1.165) is 43.6 Å². The molecule has 4 aromatic heterocycles. The number of benzene rings is 2. The van der Waals surface area contributed by atoms with Gasteiger partial charge in [0.05, 0.1) is 22.8 Å². The number of H-pyrrole nitrogens is 1. The standard InChI is InChI=1S/C27H22N8OS/c1-35(2)26-10-16(14-29-34-26)9-22(36)24-12-17-3-4-18(13-23(17)37-24)27-28-8-7-25(32-27)31-20-5-6-21-19(11-20)15-30-33-21/h3-8,10-15H,9H2,1-2H3,(H,30,33)(H,28,31,32). The van der Waals surface area contributed by atoms with Crippen LogP contribution in [-0.4, -0.2) is 50.2 Å². The summed E-state index contributed by atoms with van der Waals surface area (Å²) in [5, 5.41) is 20.5. The van der Waals surface area contributed by atoms with Crippen LogP contribution in [0.4, 0.5) is 17.3 Å². The molecule has 182 valence electrons. The number of anilines is 3. The molecule has 37 heavy (non-hydrogen) atoms. The number of aromatic nitrogens is 6. The molecule has 0 aliphatic heterocycles. The third-order valence-corrected chi connectivity index (χ3v) is 7.08. The average Bonchev–Trinajstić information content (AvgIpc) is 3.55. The van der Waals surface area contributed by atoms with Crippen molar-refractivity contribution in [3.63, 3.8) is 0 Å². The van der Waals surface area contributed by atoms with Gasteiger partial charge in [0.15, 0.2) is 17.4 Å². The number of thiophene rings is 1. The number of ketones is 1. The maximum Gasteiger partial charge on any atom is 0.177 e. The Labute approximate surface area is 216 Å². The molecule has 10 heteroatoms. The van der Waals surface area contributed by atoms with Crippen LogP contribution in [0.25, 0.3) is 32.4 Å². The lowest BCUT2D eigenvalue weighted by Gasteiger charge is -2.10. The number of nitrogens with zero attached hydrogens (tertiary/aromatic N) is 6. The third kappa shape index (κ3) is 4.74. The molecule has 4 heterocycles. The van der Waals surface area contributed by atoms with Crippen molar-refractivity contribution < 1.29 is 4.79 Å². The SMILES string of the molecule is CN(C)c1cc(CC(=O)c2cc3ccc(-c4nccc(Nc5ccc6[nH]ncc6c5)n4)cc3s2)cnn1. The van der Waals surface area contributed by atoms with Crippen molar-refractivity contribution in [3.8, 4) is 11.4 Å². The van der Waals surface area contributed by atoms with Gasteiger partial charge >= 0.3 is 0 Å². The summed E-state index contributed by atoms with van der Waals surface area (Å²) in [5.41, 5.74) is 3.62. The van der Waals surface area contributed by atoms with Crippen LogP contribution in [0, 0.1) is 0 Å². The Bertz CT molecular complexity index is 1760. The van der Waals surface area contributed by atoms with E-state index in [2.05, 4.69) is 30.7 Å². The maximum absolute atomic E-state index is 13.0. The van der Waals surface area contributed by atoms with Gasteiger partial charge in [-0.3, -0.25) is 9.89 Å². The molecular weight excluding hydrogens is 484 g/mol. The van der Waals surface area contributed by atoms with Gasteiger partial charge in [0, 0.05) is 48.0 Å². The first kappa shape index (κ1) is 22.7. The number of Topliss-reactive ketones (excluding diaryl/α,β-unsaturated/α-hetero) is 1. The lowest BCUT2D eigenvalue weighted by molar-refractivity contribution is 0.0997. The monoisotopic (exact) mass is 506 g/mol. The Hall–Kier alpha value is -4.70. The highest BCUT2D eigenvalue weighted by molar-refractivity contribution is 7.20. The van der Waals surface area contributed by atoms with Crippen molar-refractivity contribution in [3.05, 3.63) is 83.6 Å². The molecule has 2 N–H and O–H groups in total. The van der Waals surface area contributed by atoms with E-state index < -0.39 is 0 Å². The maximum atomic E-state index is 13.0. The molecule has 0 aliphatic carbocycles. The van der Waals surface area contributed by atoms with Gasteiger partial charge in [-0.05, 0) is 53.4 Å². The van der Waals surface area contributed by atoms with Crippen LogP contribution in [0.2, 0.25) is 0 Å². The molecule has 0 aliphatic rings. The zero-order chi connectivity index (χ0) is 25.4. The lowest BCUT2D eigenvalue weighted by atomic mass is 10.1. The first-order valence-electron chi connectivity index (χ1n) is 11.6. The molecule has 0 fully saturated rings. The number of carbonyl (C=O) groups excluding carboxylic acids is 1. The van der Waals surface area contributed by atoms with Crippen LogP contribution >= 0.6 is 11.3 Å². The molecule has 0 saturated carbocycles. The second-order valence-electron chi connectivity index (χ2n) is 8.84. The van der Waals surface area contributed by atoms with Crippen LogP contribution < -0.4 is 10.2 Å². The van der Waals surface area contributed by atoms with Crippen molar-refractivity contribution in [1.82, 2.24) is 30.4 Å². The van der Waals surface area contributed by atoms with Crippen LogP contribution in [0.5, 0.6) is 0 Å². The van der Waals surface area contributed by atoms with E-state index in [1.165, 1.54) is 11.3 Å². The number of fused-ring (bicyclic) bond motifs is 2. The zero-order valence-electron chi connectivity index (χ0n) is 20.1. The van der Waals surface area contributed by atoms with E-state index in [9.17, 15) is 4.79 Å². The van der Waals surface area contributed by atoms with Crippen LogP contribution in [0.3, 0.4) is 0 Å². The van der Waals surface area contributed by atoms with Gasteiger partial charge in [-0.15, -0.1) is 16.4 Å². The molecule has 0 atom stereocenters. The predicted octanol–water partition coefficient (Wildman–Crippen LogP) is 5.26. The van der Waals surface area contributed by atoms with Gasteiger partial charge in [0.1, 0.15) is 5.82 Å². The summed E-state index contributed by atoms with van der Waals surface area (Å²) in [6, 6.07) is 17.7. The second-order valence-corrected chi connectivity index (χ2v) is 9.93. The van der Waals surface area contributed by atoms with E-state index in [1.807, 2.05) is 73.6 Å². The molecule has 0 radical (unpaired) electrons. The summed E-state index contributed by atoms with van der Waals surface area (Å²) in [7, 11) is 3.79. The number of nitrogens with one attached hydrogen (secondary N) is 2. The Morgan fingerprint density at radius 3 is 2.84 bits per heavy atom. The molecule has 0 amide bonds. The first-order valence-corrected chi connectivity index (χ1v) is 12.4. The quantitative estimate of drug-likeness (QED) is 0.282. The smallest absolute Gasteiger partial charge is 0.177 e. The molecule has 0 spiro atoms. The van der Waals surface area contributed by atoms with Gasteiger partial charge in [0.2, 0.25) is 0 Å². The third-order valence-electron chi connectivity index (χ3n) is 5.94. The van der Waals surface area contributed by atoms with Gasteiger partial charge in [0.25, 0.3) is 0 Å². The summed E-state index contributed by atoms with van der Waals surface area (Å²) in [6.45, 7) is 0. The summed E-state index contributed by atoms with van der Waals surface area (Å²) in [5.74, 6) is 2.08. The average molecular weight is 507 g/mol. The Balaban J connectivity index is 1.23. The number of carbonyl (C=O) groups is 1. The van der Waals surface area contributed by atoms with Gasteiger partial charge in [-0.1, -0.05) is 12.1 Å². The number of rotatable bonds is 7. The van der Waals surface area contributed by atoms with Crippen molar-refractivity contribution in [2.75, 3.05) is 24.3 Å². The molecular formula is C27H22N8OS. The van der Waals surface area contributed by atoms with Crippen LogP contribution in [-0.2, 0) is 6.42 Å². The van der Waals surface area contributed by atoms with E-state index in [-0.39, 0.29) is 12.2 Å². The van der Waals surface area contributed by atoms with Crippen molar-refractivity contribution in [1.29, 1.82) is 0 Å². The van der Waals surface area contributed by atoms with Crippen LogP contribution in [0.15, 0.2) is 73.2 Å². The number of aromatic amines is 1. The number of hydrogen-bond acceptors (Lipinski definition) is 9. The van der Waals surface area contributed by atoms with Crippen molar-refractivity contribution in [2.24, 2.45) is 0 Å². The zero-order valence-corrected chi connectivity index (χ0v) is 21.0. The van der Waals surface area contributed by atoms with Crippen molar-refractivity contribution in [2.45, 2.75) is 6.42 Å².